The Kier molecular flexibility index (Phi) is 21.5. The van der Waals surface area contributed by atoms with Crippen LogP contribution in [0.15, 0.2) is 0 Å². The fourth-order valence-corrected chi connectivity index (χ4v) is 10.9. The molecule has 0 saturated carbocycles. The molecule has 0 aromatic carbocycles. The number of rotatable bonds is 17. The Labute approximate surface area is 273 Å². The molecule has 0 spiro atoms. The van der Waals surface area contributed by atoms with Crippen LogP contribution in [0.2, 0.25) is 0 Å². The predicted octanol–water partition coefficient (Wildman–Crippen LogP) is 6.39. The molecule has 3 saturated heterocycles. The Bertz CT molecular complexity index is 764. The number of carbonyl (C=O) groups is 3. The summed E-state index contributed by atoms with van der Waals surface area (Å²) < 4.78 is 13.3. The number of unbranched alkanes of at least 4 members (excludes halogenated alkanes) is 4. The summed E-state index contributed by atoms with van der Waals surface area (Å²) in [5, 5.41) is 26.0. The maximum Gasteiger partial charge on any atom is 0.303 e. The van der Waals surface area contributed by atoms with Gasteiger partial charge in [0.25, 0.3) is 0 Å². The number of carboxylic acids is 1. The number of piperidine rings is 1. The zero-order chi connectivity index (χ0) is 32.5. The Balaban J connectivity index is 0.000000533. The third kappa shape index (κ3) is 19.2. The molecule has 0 radical (unpaired) electrons. The SMILES string of the molecule is O=C(O)CCCC[C@@H]1CCSS1.[3H]CC1(CO)CCN(C(=O)CCCCCNC(=O)CCCC[C@@H]2CCSS2)CC1.[3H]OC. The van der Waals surface area contributed by atoms with Gasteiger partial charge in [0, 0.05) is 76.0 Å². The van der Waals surface area contributed by atoms with Crippen molar-refractivity contribution in [2.24, 2.45) is 5.41 Å². The maximum atomic E-state index is 12.3. The standard InChI is InChI=1S/C21H38N2O3S2.C8H14O2S2.CH4O/c1-21(17-24)11-14-23(15-12-21)20(26)9-3-2-6-13-22-19(25)8-5-4-7-18-10-16-27-28-18;9-8(10)4-2-1-3-7-5-6-11-12-7;1-2/h18,24H,2-17H2,1H3,(H,22,25);7H,1-6H2,(H,9,10);2H,1H3/t18-;7-;/m11./s1/i1T;;2T. The quantitative estimate of drug-likeness (QED) is 0.102. The monoisotopic (exact) mass is 672 g/mol. The van der Waals surface area contributed by atoms with E-state index in [-0.39, 0.29) is 30.7 Å². The maximum absolute atomic E-state index is 12.3. The Morgan fingerprint density at radius 1 is 0.905 bits per heavy atom. The van der Waals surface area contributed by atoms with Crippen LogP contribution in [0.5, 0.6) is 0 Å². The molecule has 0 unspecified atom stereocenters. The molecule has 8 nitrogen and oxygen atoms in total. The molecule has 2 amide bonds. The van der Waals surface area contributed by atoms with E-state index in [4.69, 9.17) is 7.91 Å². The van der Waals surface area contributed by atoms with Crippen LogP contribution in [0.3, 0.4) is 0 Å². The highest BCUT2D eigenvalue weighted by atomic mass is 33.1. The molecule has 3 aliphatic heterocycles. The number of carbonyl (C=O) groups excluding carboxylic acids is 2. The molecule has 0 aliphatic carbocycles. The summed E-state index contributed by atoms with van der Waals surface area (Å²) in [5.74, 6) is 2.22. The average Bonchev–Trinajstić information content (AvgIpc) is 3.75. The lowest BCUT2D eigenvalue weighted by atomic mass is 9.81. The van der Waals surface area contributed by atoms with Crippen LogP contribution >= 0.6 is 43.2 Å². The number of carboxylic acid groups (broad SMARTS) is 1. The van der Waals surface area contributed by atoms with Crippen molar-refractivity contribution in [2.75, 3.05) is 44.9 Å². The van der Waals surface area contributed by atoms with E-state index in [1.54, 1.807) is 0 Å². The summed E-state index contributed by atoms with van der Waals surface area (Å²) in [4.78, 5) is 36.3. The molecule has 0 bridgehead atoms. The van der Waals surface area contributed by atoms with Gasteiger partial charge in [-0.15, -0.1) is 0 Å². The molecule has 2 atom stereocenters. The van der Waals surface area contributed by atoms with Crippen LogP contribution in [0, 0.1) is 5.41 Å². The van der Waals surface area contributed by atoms with Gasteiger partial charge >= 0.3 is 5.97 Å². The number of nitrogens with one attached hydrogen (secondary N) is 1. The van der Waals surface area contributed by atoms with Gasteiger partial charge in [-0.1, -0.05) is 69.3 Å². The lowest BCUT2D eigenvalue weighted by molar-refractivity contribution is -0.137. The van der Waals surface area contributed by atoms with Gasteiger partial charge in [0.05, 0.1) is 0 Å². The van der Waals surface area contributed by atoms with E-state index in [0.29, 0.717) is 38.9 Å². The van der Waals surface area contributed by atoms with Crippen LogP contribution in [0.25, 0.3) is 0 Å². The first kappa shape index (κ1) is 36.2. The number of nitrogens with zero attached hydrogens (tertiary/aromatic N) is 1. The Morgan fingerprint density at radius 3 is 1.98 bits per heavy atom. The van der Waals surface area contributed by atoms with E-state index in [1.807, 2.05) is 48.1 Å². The lowest BCUT2D eigenvalue weighted by Crippen LogP contribution is -2.43. The van der Waals surface area contributed by atoms with Crippen molar-refractivity contribution in [3.8, 4) is 0 Å². The number of amides is 2. The highest BCUT2D eigenvalue weighted by Crippen LogP contribution is 2.40. The molecule has 3 rings (SSSR count). The van der Waals surface area contributed by atoms with Gasteiger partial charge in [-0.25, -0.2) is 0 Å². The zero-order valence-electron chi connectivity index (χ0n) is 27.5. The van der Waals surface area contributed by atoms with Gasteiger partial charge in [-0.3, -0.25) is 14.4 Å². The first-order valence-corrected chi connectivity index (χ1v) is 20.3. The minimum absolute atomic E-state index is 0.0446. The molecular weight excluding hydrogens is 613 g/mol. The van der Waals surface area contributed by atoms with Crippen molar-refractivity contribution in [3.05, 3.63) is 0 Å². The Morgan fingerprint density at radius 2 is 1.48 bits per heavy atom. The molecule has 0 aromatic heterocycles. The topological polar surface area (TPSA) is 127 Å². The Hall–Kier alpha value is -0.270. The molecule has 0 aromatic rings. The minimum Gasteiger partial charge on any atom is -0.481 e. The number of likely N-dealkylation sites (tertiary alicyclic amines) is 1. The van der Waals surface area contributed by atoms with Gasteiger partial charge in [-0.2, -0.15) is 0 Å². The summed E-state index contributed by atoms with van der Waals surface area (Å²) in [5.41, 5.74) is -0.302. The summed E-state index contributed by atoms with van der Waals surface area (Å²) in [6.07, 6.45) is 14.8. The number of aliphatic hydroxyl groups is 2. The van der Waals surface area contributed by atoms with Crippen LogP contribution in [0.1, 0.15) is 111 Å². The normalized spacial score (nSPS) is 21.7. The highest BCUT2D eigenvalue weighted by Gasteiger charge is 2.30. The first-order valence-electron chi connectivity index (χ1n) is 16.6. The van der Waals surface area contributed by atoms with Crippen LogP contribution in [-0.4, -0.2) is 94.8 Å². The summed E-state index contributed by atoms with van der Waals surface area (Å²) in [6.45, 7) is 2.30. The van der Waals surface area contributed by atoms with Gasteiger partial charge in [0.2, 0.25) is 13.2 Å². The van der Waals surface area contributed by atoms with E-state index < -0.39 is 5.97 Å². The third-order valence-corrected chi connectivity index (χ3v) is 13.7. The molecular formula is C30H56N2O6S4. The van der Waals surface area contributed by atoms with Gasteiger partial charge in [0.15, 0.2) is 0 Å². The van der Waals surface area contributed by atoms with Crippen molar-refractivity contribution in [3.63, 3.8) is 0 Å². The average molecular weight is 673 g/mol. The second-order valence-electron chi connectivity index (χ2n) is 11.2. The van der Waals surface area contributed by atoms with Gasteiger partial charge in [0.1, 0.15) is 0 Å². The van der Waals surface area contributed by atoms with Gasteiger partial charge < -0.3 is 25.5 Å². The highest BCUT2D eigenvalue weighted by molar-refractivity contribution is 8.77. The van der Waals surface area contributed by atoms with E-state index in [1.165, 1.54) is 44.3 Å². The van der Waals surface area contributed by atoms with Crippen molar-refractivity contribution in [1.29, 1.82) is 1.43 Å². The number of aliphatic carboxylic acids is 1. The van der Waals surface area contributed by atoms with E-state index >= 15 is 0 Å². The predicted molar refractivity (Wildman–Crippen MR) is 182 cm³/mol. The largest absolute Gasteiger partial charge is 0.481 e. The molecule has 42 heavy (non-hydrogen) atoms. The van der Waals surface area contributed by atoms with Crippen molar-refractivity contribution in [1.82, 2.24) is 10.2 Å². The molecule has 3 aliphatic rings. The van der Waals surface area contributed by atoms with E-state index in [2.05, 4.69) is 10.4 Å². The summed E-state index contributed by atoms with van der Waals surface area (Å²) >= 11 is 0. The molecule has 12 heteroatoms. The second kappa shape index (κ2) is 25.0. The molecule has 3 heterocycles. The number of hydrogen-bond donors (Lipinski definition) is 4. The number of aliphatic hydroxyl groups excluding tert-OH is 2. The van der Waals surface area contributed by atoms with E-state index in [0.717, 1.165) is 68.3 Å². The van der Waals surface area contributed by atoms with Crippen molar-refractivity contribution in [2.45, 2.75) is 120 Å². The number of hydrogen-bond acceptors (Lipinski definition) is 9. The van der Waals surface area contributed by atoms with Crippen molar-refractivity contribution < 1.29 is 31.1 Å². The summed E-state index contributed by atoms with van der Waals surface area (Å²) in [7, 11) is 9.19. The van der Waals surface area contributed by atoms with Crippen LogP contribution < -0.4 is 5.32 Å². The molecule has 3 fully saturated rings. The minimum atomic E-state index is -0.663. The van der Waals surface area contributed by atoms with Crippen LogP contribution in [0.4, 0.5) is 0 Å². The zero-order valence-corrected chi connectivity index (χ0v) is 28.8. The summed E-state index contributed by atoms with van der Waals surface area (Å²) in [6, 6.07) is 0. The molecule has 4 N–H and O–H groups in total. The van der Waals surface area contributed by atoms with E-state index in [9.17, 15) is 19.5 Å². The van der Waals surface area contributed by atoms with Crippen LogP contribution in [-0.2, 0) is 14.4 Å². The van der Waals surface area contributed by atoms with Crippen molar-refractivity contribution >= 4 is 61.0 Å². The fourth-order valence-electron chi connectivity index (χ4n) is 4.88. The fraction of sp³-hybridized carbons (Fsp3) is 0.900. The third-order valence-electron chi connectivity index (χ3n) is 7.70. The van der Waals surface area contributed by atoms with Gasteiger partial charge in [-0.05, 0) is 69.6 Å². The lowest BCUT2D eigenvalue weighted by Gasteiger charge is -2.38. The second-order valence-corrected chi connectivity index (χ2v) is 16.8. The smallest absolute Gasteiger partial charge is 0.303 e. The first-order chi connectivity index (χ1) is 21.3. The molecule has 246 valence electrons.